The van der Waals surface area contributed by atoms with Gasteiger partial charge < -0.3 is 5.32 Å². The van der Waals surface area contributed by atoms with Crippen LogP contribution in [0.3, 0.4) is 0 Å². The highest BCUT2D eigenvalue weighted by molar-refractivity contribution is 8.00. The Morgan fingerprint density at radius 2 is 2.31 bits per heavy atom. The summed E-state index contributed by atoms with van der Waals surface area (Å²) in [6.07, 6.45) is 3.76. The van der Waals surface area contributed by atoms with Crippen LogP contribution in [0.2, 0.25) is 0 Å². The molecular weight excluding hydrogens is 244 g/mol. The molecule has 2 aliphatic rings. The lowest BCUT2D eigenvalue weighted by Gasteiger charge is -2.35. The Bertz CT molecular complexity index is 326. The third-order valence-electron chi connectivity index (χ3n) is 3.30. The molecule has 0 bridgehead atoms. The molecule has 1 N–H and O–H groups in total. The number of nitrogens with one attached hydrogen (secondary N) is 1. The molecule has 2 rings (SSSR count). The second kappa shape index (κ2) is 5.25. The fourth-order valence-electron chi connectivity index (χ4n) is 2.41. The molecule has 0 amide bonds. The number of thioether (sulfide) groups is 1. The van der Waals surface area contributed by atoms with Gasteiger partial charge in [0, 0.05) is 36.9 Å². The molecule has 2 heterocycles. The van der Waals surface area contributed by atoms with E-state index >= 15 is 0 Å². The lowest BCUT2D eigenvalue weighted by atomic mass is 10.2. The van der Waals surface area contributed by atoms with Crippen molar-refractivity contribution in [2.24, 2.45) is 0 Å². The lowest BCUT2D eigenvalue weighted by Crippen LogP contribution is -2.51. The molecule has 0 aromatic carbocycles. The zero-order chi connectivity index (χ0) is 11.6. The van der Waals surface area contributed by atoms with Gasteiger partial charge in [0.1, 0.15) is 5.37 Å². The van der Waals surface area contributed by atoms with Gasteiger partial charge >= 0.3 is 0 Å². The summed E-state index contributed by atoms with van der Waals surface area (Å²) in [4.78, 5) is 2.15. The summed E-state index contributed by atoms with van der Waals surface area (Å²) in [6.45, 7) is 2.87. The van der Waals surface area contributed by atoms with Gasteiger partial charge in [-0.2, -0.15) is 11.8 Å². The normalized spacial score (nSPS) is 33.1. The Morgan fingerprint density at radius 1 is 1.50 bits per heavy atom. The minimum atomic E-state index is -2.94. The molecule has 2 fully saturated rings. The van der Waals surface area contributed by atoms with Gasteiger partial charge in [0.05, 0.1) is 0 Å². The standard InChI is InChI=1S/C10H20N2O2S2/c1-16(13,14)10-8-15-6-5-12(10)7-9-3-2-4-11-9/h9-11H,2-8H2,1H3/t9-,10?/m0/s1. The SMILES string of the molecule is CS(=O)(=O)C1CSCCN1C[C@@H]1CCCN1. The van der Waals surface area contributed by atoms with Crippen LogP contribution in [0.5, 0.6) is 0 Å². The molecule has 1 unspecified atom stereocenters. The summed E-state index contributed by atoms with van der Waals surface area (Å²) in [5.41, 5.74) is 0. The third kappa shape index (κ3) is 3.12. The summed E-state index contributed by atoms with van der Waals surface area (Å²) in [5, 5.41) is 3.16. The van der Waals surface area contributed by atoms with Gasteiger partial charge in [-0.1, -0.05) is 0 Å². The molecule has 16 heavy (non-hydrogen) atoms. The second-order valence-electron chi connectivity index (χ2n) is 4.65. The van der Waals surface area contributed by atoms with E-state index in [1.165, 1.54) is 19.1 Å². The van der Waals surface area contributed by atoms with Gasteiger partial charge in [-0.15, -0.1) is 0 Å². The van der Waals surface area contributed by atoms with Gasteiger partial charge in [-0.05, 0) is 19.4 Å². The quantitative estimate of drug-likeness (QED) is 0.787. The molecule has 0 saturated carbocycles. The number of hydrogen-bond acceptors (Lipinski definition) is 5. The van der Waals surface area contributed by atoms with Crippen LogP contribution in [0.15, 0.2) is 0 Å². The molecule has 0 radical (unpaired) electrons. The van der Waals surface area contributed by atoms with Crippen molar-refractivity contribution in [2.45, 2.75) is 24.3 Å². The first-order valence-corrected chi connectivity index (χ1v) is 8.92. The highest BCUT2D eigenvalue weighted by atomic mass is 32.2. The molecule has 94 valence electrons. The molecule has 0 aromatic heterocycles. The van der Waals surface area contributed by atoms with Gasteiger partial charge in [-0.3, -0.25) is 4.90 Å². The largest absolute Gasteiger partial charge is 0.313 e. The maximum atomic E-state index is 11.7. The van der Waals surface area contributed by atoms with E-state index in [-0.39, 0.29) is 5.37 Å². The molecule has 4 nitrogen and oxygen atoms in total. The highest BCUT2D eigenvalue weighted by Gasteiger charge is 2.32. The predicted octanol–water partition coefficient (Wildman–Crippen LogP) is 0.158. The minimum Gasteiger partial charge on any atom is -0.313 e. The van der Waals surface area contributed by atoms with Crippen molar-refractivity contribution in [1.82, 2.24) is 10.2 Å². The fraction of sp³-hybridized carbons (Fsp3) is 1.00. The van der Waals surface area contributed by atoms with Crippen LogP contribution in [-0.2, 0) is 9.84 Å². The number of hydrogen-bond donors (Lipinski definition) is 1. The van der Waals surface area contributed by atoms with E-state index < -0.39 is 9.84 Å². The first kappa shape index (κ1) is 12.7. The highest BCUT2D eigenvalue weighted by Crippen LogP contribution is 2.21. The molecule has 6 heteroatoms. The van der Waals surface area contributed by atoms with Crippen LogP contribution in [0.1, 0.15) is 12.8 Å². The van der Waals surface area contributed by atoms with Crippen molar-refractivity contribution in [1.29, 1.82) is 0 Å². The summed E-state index contributed by atoms with van der Waals surface area (Å²) in [6, 6.07) is 0.493. The summed E-state index contributed by atoms with van der Waals surface area (Å²) in [7, 11) is -2.94. The van der Waals surface area contributed by atoms with Crippen LogP contribution in [0.25, 0.3) is 0 Å². The summed E-state index contributed by atoms with van der Waals surface area (Å²) >= 11 is 1.75. The number of nitrogens with zero attached hydrogens (tertiary/aromatic N) is 1. The van der Waals surface area contributed by atoms with Gasteiger partial charge in [0.2, 0.25) is 0 Å². The van der Waals surface area contributed by atoms with Crippen LogP contribution in [0.4, 0.5) is 0 Å². The van der Waals surface area contributed by atoms with Crippen LogP contribution in [0, 0.1) is 0 Å². The van der Waals surface area contributed by atoms with E-state index in [0.29, 0.717) is 6.04 Å². The number of rotatable bonds is 3. The van der Waals surface area contributed by atoms with Crippen LogP contribution in [-0.4, -0.2) is 62.1 Å². The van der Waals surface area contributed by atoms with Crippen molar-refractivity contribution in [3.8, 4) is 0 Å². The fourth-order valence-corrected chi connectivity index (χ4v) is 5.37. The van der Waals surface area contributed by atoms with Crippen LogP contribution >= 0.6 is 11.8 Å². The van der Waals surface area contributed by atoms with Gasteiger partial charge in [-0.25, -0.2) is 8.42 Å². The molecular formula is C10H20N2O2S2. The van der Waals surface area contributed by atoms with Crippen LogP contribution < -0.4 is 5.32 Å². The average Bonchev–Trinajstić information content (AvgIpc) is 2.70. The van der Waals surface area contributed by atoms with E-state index in [2.05, 4.69) is 10.2 Å². The maximum Gasteiger partial charge on any atom is 0.164 e. The molecule has 0 spiro atoms. The molecule has 0 aliphatic carbocycles. The van der Waals surface area contributed by atoms with Crippen molar-refractivity contribution in [2.75, 3.05) is 37.4 Å². The van der Waals surface area contributed by atoms with Crippen molar-refractivity contribution < 1.29 is 8.42 Å². The smallest absolute Gasteiger partial charge is 0.164 e. The van der Waals surface area contributed by atoms with E-state index in [1.807, 2.05) is 0 Å². The van der Waals surface area contributed by atoms with Crippen molar-refractivity contribution in [3.05, 3.63) is 0 Å². The third-order valence-corrected chi connectivity index (χ3v) is 5.99. The molecule has 0 aromatic rings. The van der Waals surface area contributed by atoms with E-state index in [9.17, 15) is 8.42 Å². The molecule has 2 saturated heterocycles. The zero-order valence-electron chi connectivity index (χ0n) is 9.68. The van der Waals surface area contributed by atoms with E-state index in [0.717, 1.165) is 31.1 Å². The second-order valence-corrected chi connectivity index (χ2v) is 8.00. The van der Waals surface area contributed by atoms with E-state index in [4.69, 9.17) is 0 Å². The van der Waals surface area contributed by atoms with Gasteiger partial charge in [0.25, 0.3) is 0 Å². The lowest BCUT2D eigenvalue weighted by molar-refractivity contribution is 0.246. The average molecular weight is 264 g/mol. The predicted molar refractivity (Wildman–Crippen MR) is 68.6 cm³/mol. The van der Waals surface area contributed by atoms with Gasteiger partial charge in [0.15, 0.2) is 9.84 Å². The Balaban J connectivity index is 1.98. The first-order valence-electron chi connectivity index (χ1n) is 5.81. The Morgan fingerprint density at radius 3 is 2.94 bits per heavy atom. The summed E-state index contributed by atoms with van der Waals surface area (Å²) in [5.74, 6) is 1.78. The summed E-state index contributed by atoms with van der Waals surface area (Å²) < 4.78 is 23.4. The maximum absolute atomic E-state index is 11.7. The minimum absolute atomic E-state index is 0.270. The molecule has 2 atom stereocenters. The Kier molecular flexibility index (Phi) is 4.15. The van der Waals surface area contributed by atoms with Crippen molar-refractivity contribution in [3.63, 3.8) is 0 Å². The molecule has 2 aliphatic heterocycles. The van der Waals surface area contributed by atoms with Crippen molar-refractivity contribution >= 4 is 21.6 Å². The topological polar surface area (TPSA) is 49.4 Å². The Labute approximate surface area is 102 Å². The zero-order valence-corrected chi connectivity index (χ0v) is 11.3. The monoisotopic (exact) mass is 264 g/mol. The Hall–Kier alpha value is 0.220. The number of sulfone groups is 1. The van der Waals surface area contributed by atoms with E-state index in [1.54, 1.807) is 11.8 Å². The first-order chi connectivity index (χ1) is 7.57.